The second-order valence-electron chi connectivity index (χ2n) is 5.53. The topological polar surface area (TPSA) is 88.3 Å². The molecule has 0 bridgehead atoms. The number of pyridine rings is 1. The second-order valence-corrected chi connectivity index (χ2v) is 8.04. The van der Waals surface area contributed by atoms with Crippen molar-refractivity contribution in [2.75, 3.05) is 11.9 Å². The van der Waals surface area contributed by atoms with Gasteiger partial charge in [-0.05, 0) is 56.1 Å². The molecule has 0 saturated heterocycles. The molecule has 12 heteroatoms. The van der Waals surface area contributed by atoms with Gasteiger partial charge in [-0.15, -0.1) is 12.4 Å². The summed E-state index contributed by atoms with van der Waals surface area (Å²) in [5.74, 6) is -1.48. The zero-order valence-corrected chi connectivity index (χ0v) is 19.9. The lowest BCUT2D eigenvalue weighted by atomic mass is 10.1. The summed E-state index contributed by atoms with van der Waals surface area (Å²) in [5, 5.41) is 14.3. The van der Waals surface area contributed by atoms with E-state index in [4.69, 9.17) is 23.2 Å². The number of rotatable bonds is 4. The summed E-state index contributed by atoms with van der Waals surface area (Å²) in [5.41, 5.74) is 0.155. The highest BCUT2D eigenvalue weighted by atomic mass is 79.9. The number of carbonyl (C=O) groups is 2. The molecule has 2 heterocycles. The number of aromatic nitrogens is 3. The summed E-state index contributed by atoms with van der Waals surface area (Å²) < 4.78 is 2.03. The summed E-state index contributed by atoms with van der Waals surface area (Å²) in [6, 6.07) is 7.55. The van der Waals surface area contributed by atoms with E-state index < -0.39 is 11.9 Å². The van der Waals surface area contributed by atoms with Crippen LogP contribution in [-0.2, 0) is 0 Å². The molecule has 0 atom stereocenters. The standard InChI is InChI=1S/C17H10Br2Cl2N4O3.ClH/c1-24(14-9(17(27)28)5-8(20)6-10(14)18)16(26)12-7-13(19)23-25(12)15-11(21)3-2-4-22-15;/h2-7H,1H3,(H,27,28);1H. The normalized spacial score (nSPS) is 10.4. The number of nitrogens with zero attached hydrogens (tertiary/aromatic N) is 4. The molecule has 152 valence electrons. The first-order chi connectivity index (χ1) is 13.2. The van der Waals surface area contributed by atoms with E-state index in [-0.39, 0.29) is 40.2 Å². The van der Waals surface area contributed by atoms with E-state index in [0.717, 1.165) is 0 Å². The average molecular weight is 585 g/mol. The molecule has 0 saturated carbocycles. The number of carbonyl (C=O) groups excluding carboxylic acids is 1. The number of aromatic carboxylic acids is 1. The molecule has 7 nitrogen and oxygen atoms in total. The second kappa shape index (κ2) is 9.44. The fourth-order valence-corrected chi connectivity index (χ4v) is 4.20. The maximum Gasteiger partial charge on any atom is 0.337 e. The third-order valence-corrected chi connectivity index (χ3v) is 5.24. The number of hydrogen-bond donors (Lipinski definition) is 1. The number of amides is 1. The molecule has 0 aliphatic heterocycles. The molecule has 3 aromatic rings. The molecule has 0 aliphatic carbocycles. The molecule has 29 heavy (non-hydrogen) atoms. The van der Waals surface area contributed by atoms with Gasteiger partial charge in [0, 0.05) is 28.8 Å². The number of carboxylic acids is 1. The summed E-state index contributed by atoms with van der Waals surface area (Å²) in [7, 11) is 1.45. The molecule has 1 aromatic carbocycles. The summed E-state index contributed by atoms with van der Waals surface area (Å²) in [6.45, 7) is 0. The highest BCUT2D eigenvalue weighted by Crippen LogP contribution is 2.34. The minimum Gasteiger partial charge on any atom is -0.478 e. The maximum atomic E-state index is 13.2. The minimum atomic E-state index is -1.22. The van der Waals surface area contributed by atoms with Crippen molar-refractivity contribution in [1.82, 2.24) is 14.8 Å². The van der Waals surface area contributed by atoms with Gasteiger partial charge in [0.1, 0.15) is 10.3 Å². The van der Waals surface area contributed by atoms with Gasteiger partial charge in [-0.25, -0.2) is 14.5 Å². The van der Waals surface area contributed by atoms with Crippen LogP contribution in [0.4, 0.5) is 5.69 Å². The van der Waals surface area contributed by atoms with Crippen LogP contribution in [0.3, 0.4) is 0 Å². The highest BCUT2D eigenvalue weighted by Gasteiger charge is 2.27. The number of halogens is 5. The van der Waals surface area contributed by atoms with E-state index in [1.165, 1.54) is 41.0 Å². The lowest BCUT2D eigenvalue weighted by Crippen LogP contribution is -2.30. The zero-order chi connectivity index (χ0) is 20.6. The average Bonchev–Trinajstić information content (AvgIpc) is 3.01. The van der Waals surface area contributed by atoms with Crippen LogP contribution in [0, 0.1) is 0 Å². The molecule has 3 rings (SSSR count). The summed E-state index contributed by atoms with van der Waals surface area (Å²) in [4.78, 5) is 30.2. The van der Waals surface area contributed by atoms with E-state index >= 15 is 0 Å². The van der Waals surface area contributed by atoms with Crippen LogP contribution in [-0.4, -0.2) is 38.8 Å². The van der Waals surface area contributed by atoms with Crippen molar-refractivity contribution in [2.24, 2.45) is 0 Å². The van der Waals surface area contributed by atoms with Crippen molar-refractivity contribution < 1.29 is 14.7 Å². The lowest BCUT2D eigenvalue weighted by molar-refractivity contribution is 0.0697. The van der Waals surface area contributed by atoms with Crippen LogP contribution >= 0.6 is 67.5 Å². The van der Waals surface area contributed by atoms with E-state index in [1.807, 2.05) is 0 Å². The molecule has 0 aliphatic rings. The number of benzene rings is 1. The van der Waals surface area contributed by atoms with Crippen molar-refractivity contribution in [3.05, 3.63) is 66.9 Å². The van der Waals surface area contributed by atoms with Crippen LogP contribution in [0.1, 0.15) is 20.8 Å². The molecule has 1 N–H and O–H groups in total. The van der Waals surface area contributed by atoms with E-state index in [1.54, 1.807) is 12.1 Å². The third kappa shape index (κ3) is 4.75. The minimum absolute atomic E-state index is 0. The SMILES string of the molecule is CN(C(=O)c1cc(Br)nn1-c1ncccc1Cl)c1c(Br)cc(Cl)cc1C(=O)O.Cl. The quantitative estimate of drug-likeness (QED) is 0.437. The van der Waals surface area contributed by atoms with Crippen molar-refractivity contribution in [3.8, 4) is 5.82 Å². The van der Waals surface area contributed by atoms with Gasteiger partial charge in [0.2, 0.25) is 0 Å². The van der Waals surface area contributed by atoms with Crippen LogP contribution in [0.25, 0.3) is 5.82 Å². The van der Waals surface area contributed by atoms with Gasteiger partial charge in [0.25, 0.3) is 5.91 Å². The van der Waals surface area contributed by atoms with Crippen LogP contribution < -0.4 is 4.90 Å². The molecule has 0 fully saturated rings. The monoisotopic (exact) mass is 582 g/mol. The maximum absolute atomic E-state index is 13.2. The predicted molar refractivity (Wildman–Crippen MR) is 120 cm³/mol. The Morgan fingerprint density at radius 1 is 1.21 bits per heavy atom. The Kier molecular flexibility index (Phi) is 7.69. The van der Waals surface area contributed by atoms with E-state index in [2.05, 4.69) is 41.9 Å². The Morgan fingerprint density at radius 3 is 2.52 bits per heavy atom. The summed E-state index contributed by atoms with van der Waals surface area (Å²) >= 11 is 18.7. The predicted octanol–water partition coefficient (Wildman–Crippen LogP) is 5.50. The number of hydrogen-bond acceptors (Lipinski definition) is 4. The Balaban J connectivity index is 0.00000300. The highest BCUT2D eigenvalue weighted by molar-refractivity contribution is 9.10. The van der Waals surface area contributed by atoms with Gasteiger partial charge in [0.05, 0.1) is 16.3 Å². The van der Waals surface area contributed by atoms with Crippen molar-refractivity contribution in [2.45, 2.75) is 0 Å². The van der Waals surface area contributed by atoms with Gasteiger partial charge in [-0.2, -0.15) is 5.10 Å². The first kappa shape index (κ1) is 23.6. The Labute approximate surface area is 198 Å². The smallest absolute Gasteiger partial charge is 0.337 e. The van der Waals surface area contributed by atoms with Gasteiger partial charge < -0.3 is 10.0 Å². The van der Waals surface area contributed by atoms with E-state index in [0.29, 0.717) is 14.1 Å². The summed E-state index contributed by atoms with van der Waals surface area (Å²) in [6.07, 6.45) is 1.52. The first-order valence-corrected chi connectivity index (χ1v) is 9.91. The first-order valence-electron chi connectivity index (χ1n) is 7.57. The number of anilines is 1. The fourth-order valence-electron chi connectivity index (χ4n) is 2.54. The van der Waals surface area contributed by atoms with Gasteiger partial charge in [-0.1, -0.05) is 23.2 Å². The van der Waals surface area contributed by atoms with E-state index in [9.17, 15) is 14.7 Å². The number of carboxylic acid groups (broad SMARTS) is 1. The fraction of sp³-hybridized carbons (Fsp3) is 0.0588. The zero-order valence-electron chi connectivity index (χ0n) is 14.4. The molecule has 0 unspecified atom stereocenters. The molecule has 0 radical (unpaired) electrons. The molecule has 0 spiro atoms. The Bertz CT molecular complexity index is 1110. The van der Waals surface area contributed by atoms with Crippen molar-refractivity contribution >= 4 is 85.0 Å². The molecule has 1 amide bonds. The largest absolute Gasteiger partial charge is 0.478 e. The third-order valence-electron chi connectivity index (χ3n) is 3.74. The van der Waals surface area contributed by atoms with Crippen LogP contribution in [0.5, 0.6) is 0 Å². The Morgan fingerprint density at radius 2 is 1.90 bits per heavy atom. The van der Waals surface area contributed by atoms with Crippen molar-refractivity contribution in [3.63, 3.8) is 0 Å². The van der Waals surface area contributed by atoms with Gasteiger partial charge in [-0.3, -0.25) is 4.79 Å². The van der Waals surface area contributed by atoms with Gasteiger partial charge in [0.15, 0.2) is 5.82 Å². The van der Waals surface area contributed by atoms with Gasteiger partial charge >= 0.3 is 5.97 Å². The lowest BCUT2D eigenvalue weighted by Gasteiger charge is -2.21. The molecular weight excluding hydrogens is 574 g/mol. The molecular formula is C17H11Br2Cl3N4O3. The van der Waals surface area contributed by atoms with Crippen molar-refractivity contribution in [1.29, 1.82) is 0 Å². The van der Waals surface area contributed by atoms with Crippen LogP contribution in [0.2, 0.25) is 10.0 Å². The molecule has 2 aromatic heterocycles. The Hall–Kier alpha value is -1.65. The van der Waals surface area contributed by atoms with Crippen LogP contribution in [0.15, 0.2) is 45.6 Å².